The van der Waals surface area contributed by atoms with Crippen LogP contribution in [0.2, 0.25) is 0 Å². The maximum Gasteiger partial charge on any atom is 0.262 e. The van der Waals surface area contributed by atoms with Gasteiger partial charge >= 0.3 is 0 Å². The SMILES string of the molecule is O=C(/C=C/c1cccc(NS(=O)(=O)c2ccc(O)cc2)c1O)c1ccccc1. The smallest absolute Gasteiger partial charge is 0.262 e. The van der Waals surface area contributed by atoms with Crippen molar-refractivity contribution >= 4 is 27.6 Å². The Balaban J connectivity index is 1.84. The van der Waals surface area contributed by atoms with E-state index in [1.165, 1.54) is 42.5 Å². The number of anilines is 1. The molecule has 0 saturated carbocycles. The maximum absolute atomic E-state index is 12.5. The zero-order chi connectivity index (χ0) is 20.1. The Morgan fingerprint density at radius 1 is 0.857 bits per heavy atom. The van der Waals surface area contributed by atoms with Gasteiger partial charge in [-0.25, -0.2) is 8.42 Å². The number of ketones is 1. The van der Waals surface area contributed by atoms with E-state index in [2.05, 4.69) is 4.72 Å². The number of allylic oxidation sites excluding steroid dienone is 1. The van der Waals surface area contributed by atoms with Crippen LogP contribution in [-0.2, 0) is 10.0 Å². The minimum atomic E-state index is -3.96. The van der Waals surface area contributed by atoms with Crippen molar-refractivity contribution in [1.82, 2.24) is 0 Å². The summed E-state index contributed by atoms with van der Waals surface area (Å²) in [5.74, 6) is -0.603. The van der Waals surface area contributed by atoms with E-state index < -0.39 is 10.0 Å². The Morgan fingerprint density at radius 3 is 2.21 bits per heavy atom. The molecule has 0 spiro atoms. The van der Waals surface area contributed by atoms with Gasteiger partial charge < -0.3 is 10.2 Å². The van der Waals surface area contributed by atoms with E-state index >= 15 is 0 Å². The molecule has 0 aliphatic rings. The van der Waals surface area contributed by atoms with Gasteiger partial charge in [-0.1, -0.05) is 42.5 Å². The topological polar surface area (TPSA) is 104 Å². The highest BCUT2D eigenvalue weighted by Gasteiger charge is 2.17. The van der Waals surface area contributed by atoms with E-state index in [0.29, 0.717) is 5.56 Å². The molecular formula is C21H17NO5S. The van der Waals surface area contributed by atoms with E-state index in [-0.39, 0.29) is 33.4 Å². The van der Waals surface area contributed by atoms with Crippen molar-refractivity contribution in [3.8, 4) is 11.5 Å². The van der Waals surface area contributed by atoms with Crippen LogP contribution < -0.4 is 4.72 Å². The molecule has 0 heterocycles. The Kier molecular flexibility index (Phi) is 5.47. The zero-order valence-electron chi connectivity index (χ0n) is 14.6. The van der Waals surface area contributed by atoms with Crippen molar-refractivity contribution in [3.63, 3.8) is 0 Å². The normalized spacial score (nSPS) is 11.4. The molecule has 0 radical (unpaired) electrons. The van der Waals surface area contributed by atoms with Gasteiger partial charge in [-0.2, -0.15) is 0 Å². The molecule has 142 valence electrons. The van der Waals surface area contributed by atoms with Crippen LogP contribution in [0, 0.1) is 0 Å². The number of carbonyl (C=O) groups is 1. The second-order valence-corrected chi connectivity index (χ2v) is 7.59. The van der Waals surface area contributed by atoms with Gasteiger partial charge in [0.2, 0.25) is 0 Å². The Labute approximate surface area is 162 Å². The number of hydrogen-bond acceptors (Lipinski definition) is 5. The number of phenolic OH excluding ortho intramolecular Hbond substituents is 2. The molecule has 0 saturated heterocycles. The van der Waals surface area contributed by atoms with Crippen LogP contribution in [0.25, 0.3) is 6.08 Å². The lowest BCUT2D eigenvalue weighted by molar-refractivity contribution is 0.104. The fraction of sp³-hybridized carbons (Fsp3) is 0. The summed E-state index contributed by atoms with van der Waals surface area (Å²) in [7, 11) is -3.96. The highest BCUT2D eigenvalue weighted by Crippen LogP contribution is 2.30. The molecule has 3 aromatic carbocycles. The summed E-state index contributed by atoms with van der Waals surface area (Å²) in [5, 5.41) is 19.7. The van der Waals surface area contributed by atoms with Gasteiger partial charge in [0.05, 0.1) is 10.6 Å². The third kappa shape index (κ3) is 4.39. The second-order valence-electron chi connectivity index (χ2n) is 5.91. The van der Waals surface area contributed by atoms with E-state index in [1.54, 1.807) is 42.5 Å². The number of phenols is 2. The molecule has 3 N–H and O–H groups in total. The molecule has 0 fully saturated rings. The Bertz CT molecular complexity index is 1120. The van der Waals surface area contributed by atoms with Gasteiger partial charge in [-0.05, 0) is 42.5 Å². The molecule has 0 aliphatic heterocycles. The lowest BCUT2D eigenvalue weighted by atomic mass is 10.1. The van der Waals surface area contributed by atoms with Crippen molar-refractivity contribution < 1.29 is 23.4 Å². The van der Waals surface area contributed by atoms with Crippen LogP contribution in [-0.4, -0.2) is 24.4 Å². The summed E-state index contributed by atoms with van der Waals surface area (Å²) >= 11 is 0. The highest BCUT2D eigenvalue weighted by atomic mass is 32.2. The van der Waals surface area contributed by atoms with Crippen LogP contribution in [0.15, 0.2) is 83.8 Å². The van der Waals surface area contributed by atoms with Crippen LogP contribution >= 0.6 is 0 Å². The maximum atomic E-state index is 12.5. The molecule has 0 aliphatic carbocycles. The van der Waals surface area contributed by atoms with Crippen LogP contribution in [0.5, 0.6) is 11.5 Å². The summed E-state index contributed by atoms with van der Waals surface area (Å²) in [4.78, 5) is 12.1. The molecule has 7 heteroatoms. The molecule has 3 aromatic rings. The summed E-state index contributed by atoms with van der Waals surface area (Å²) in [6, 6.07) is 18.2. The third-order valence-corrected chi connectivity index (χ3v) is 5.31. The van der Waals surface area contributed by atoms with Crippen molar-refractivity contribution in [3.05, 3.63) is 90.0 Å². The second kappa shape index (κ2) is 7.98. The largest absolute Gasteiger partial charge is 0.508 e. The van der Waals surface area contributed by atoms with Gasteiger partial charge in [-0.15, -0.1) is 0 Å². The molecular weight excluding hydrogens is 378 g/mol. The first-order valence-corrected chi connectivity index (χ1v) is 9.76. The van der Waals surface area contributed by atoms with Gasteiger partial charge in [0, 0.05) is 11.1 Å². The summed E-state index contributed by atoms with van der Waals surface area (Å²) in [6.07, 6.45) is 2.73. The number of para-hydroxylation sites is 1. The first kappa shape index (κ1) is 19.2. The number of hydrogen-bond donors (Lipinski definition) is 3. The summed E-state index contributed by atoms with van der Waals surface area (Å²) < 4.78 is 27.2. The molecule has 0 unspecified atom stereocenters. The standard InChI is InChI=1S/C21H17NO5S/c23-17-10-12-18(13-11-17)28(26,27)22-19-8-4-7-16(21(19)25)9-14-20(24)15-5-2-1-3-6-15/h1-14,22-23,25H/b14-9+. The molecule has 28 heavy (non-hydrogen) atoms. The average molecular weight is 395 g/mol. The third-order valence-electron chi connectivity index (χ3n) is 3.93. The van der Waals surface area contributed by atoms with Crippen LogP contribution in [0.4, 0.5) is 5.69 Å². The molecule has 3 rings (SSSR count). The number of sulfonamides is 1. The summed E-state index contributed by atoms with van der Waals surface area (Å²) in [5.41, 5.74) is 0.764. The first-order chi connectivity index (χ1) is 13.4. The fourth-order valence-corrected chi connectivity index (χ4v) is 3.54. The molecule has 6 nitrogen and oxygen atoms in total. The Morgan fingerprint density at radius 2 is 1.54 bits per heavy atom. The number of benzene rings is 3. The highest BCUT2D eigenvalue weighted by molar-refractivity contribution is 7.92. The number of nitrogens with one attached hydrogen (secondary N) is 1. The minimum Gasteiger partial charge on any atom is -0.508 e. The van der Waals surface area contributed by atoms with Crippen molar-refractivity contribution in [2.75, 3.05) is 4.72 Å². The lowest BCUT2D eigenvalue weighted by Gasteiger charge is -2.11. The van der Waals surface area contributed by atoms with E-state index in [9.17, 15) is 23.4 Å². The van der Waals surface area contributed by atoms with Crippen LogP contribution in [0.1, 0.15) is 15.9 Å². The Hall–Kier alpha value is -3.58. The average Bonchev–Trinajstić information content (AvgIpc) is 2.69. The van der Waals surface area contributed by atoms with E-state index in [1.807, 2.05) is 0 Å². The number of rotatable bonds is 6. The number of carbonyl (C=O) groups excluding carboxylic acids is 1. The van der Waals surface area contributed by atoms with Crippen molar-refractivity contribution in [1.29, 1.82) is 0 Å². The molecule has 0 aromatic heterocycles. The van der Waals surface area contributed by atoms with Gasteiger partial charge in [-0.3, -0.25) is 9.52 Å². The van der Waals surface area contributed by atoms with E-state index in [4.69, 9.17) is 0 Å². The fourth-order valence-electron chi connectivity index (χ4n) is 2.47. The van der Waals surface area contributed by atoms with E-state index in [0.717, 1.165) is 0 Å². The quantitative estimate of drug-likeness (QED) is 0.335. The van der Waals surface area contributed by atoms with Crippen molar-refractivity contribution in [2.45, 2.75) is 4.90 Å². The van der Waals surface area contributed by atoms with Crippen LogP contribution in [0.3, 0.4) is 0 Å². The van der Waals surface area contributed by atoms with Gasteiger partial charge in [0.25, 0.3) is 10.0 Å². The zero-order valence-corrected chi connectivity index (χ0v) is 15.4. The predicted octanol–water partition coefficient (Wildman–Crippen LogP) is 3.79. The predicted molar refractivity (Wildman–Crippen MR) is 107 cm³/mol. The molecule has 0 bridgehead atoms. The van der Waals surface area contributed by atoms with Crippen molar-refractivity contribution in [2.24, 2.45) is 0 Å². The molecule has 0 amide bonds. The summed E-state index contributed by atoms with van der Waals surface area (Å²) in [6.45, 7) is 0. The first-order valence-electron chi connectivity index (χ1n) is 8.28. The number of aromatic hydroxyl groups is 2. The monoisotopic (exact) mass is 395 g/mol. The van der Waals surface area contributed by atoms with Gasteiger partial charge in [0.15, 0.2) is 5.78 Å². The molecule has 0 atom stereocenters. The minimum absolute atomic E-state index is 0.0256. The lowest BCUT2D eigenvalue weighted by Crippen LogP contribution is -2.13. The van der Waals surface area contributed by atoms with Gasteiger partial charge in [0.1, 0.15) is 11.5 Å².